The van der Waals surface area contributed by atoms with Crippen molar-refractivity contribution < 1.29 is 0 Å². The third-order valence-electron chi connectivity index (χ3n) is 8.78. The molecule has 0 aliphatic carbocycles. The maximum atomic E-state index is 3.52. The summed E-state index contributed by atoms with van der Waals surface area (Å²) < 4.78 is 0. The molecule has 0 fully saturated rings. The van der Waals surface area contributed by atoms with Crippen LogP contribution < -0.4 is 5.32 Å². The van der Waals surface area contributed by atoms with E-state index in [1.54, 1.807) is 0 Å². The molecular weight excluding hydrogens is 518 g/mol. The largest absolute Gasteiger partial charge is 0.381 e. The van der Waals surface area contributed by atoms with E-state index in [0.29, 0.717) is 0 Å². The van der Waals surface area contributed by atoms with Crippen LogP contribution >= 0.6 is 0 Å². The molecule has 1 heterocycles. The Morgan fingerprint density at radius 3 is 1.51 bits per heavy atom. The van der Waals surface area contributed by atoms with E-state index >= 15 is 0 Å². The summed E-state index contributed by atoms with van der Waals surface area (Å²) >= 11 is 0. The summed E-state index contributed by atoms with van der Waals surface area (Å²) in [4.78, 5) is 0. The van der Waals surface area contributed by atoms with Crippen LogP contribution in [0.3, 0.4) is 0 Å². The molecule has 8 rings (SSSR count). The molecule has 0 spiro atoms. The number of benzene rings is 7. The zero-order chi connectivity index (χ0) is 28.8. The van der Waals surface area contributed by atoms with Crippen molar-refractivity contribution in [2.24, 2.45) is 0 Å². The standard InChI is InChI=1S/C42H31N/c1-28-25-26-43-40(27-28)30-19-21-31(22-20-30)41-35-15-7-9-17-37(35)42(38-18-10-8-16-36(38)41)39-24-23-32(29-11-3-2-4-12-29)33-13-5-6-14-34(33)39/h2-25,27,43H,26H2,1H3. The smallest absolute Gasteiger partial charge is 0.0418 e. The van der Waals surface area contributed by atoms with Crippen molar-refractivity contribution in [3.63, 3.8) is 0 Å². The number of fused-ring (bicyclic) bond motifs is 3. The Kier molecular flexibility index (Phi) is 6.16. The van der Waals surface area contributed by atoms with Crippen LogP contribution in [0.2, 0.25) is 0 Å². The number of allylic oxidation sites excluding steroid dienone is 2. The Balaban J connectivity index is 1.38. The highest BCUT2D eigenvalue weighted by molar-refractivity contribution is 6.24. The summed E-state index contributed by atoms with van der Waals surface area (Å²) in [5.41, 5.74) is 11.3. The monoisotopic (exact) mass is 549 g/mol. The predicted octanol–water partition coefficient (Wildman–Crippen LogP) is 11.0. The third kappa shape index (κ3) is 4.33. The molecule has 1 nitrogen and oxygen atoms in total. The average Bonchev–Trinajstić information content (AvgIpc) is 3.07. The molecule has 1 heteroatoms. The summed E-state index contributed by atoms with van der Waals surface area (Å²) in [7, 11) is 0. The van der Waals surface area contributed by atoms with E-state index in [9.17, 15) is 0 Å². The molecule has 0 saturated heterocycles. The van der Waals surface area contributed by atoms with E-state index in [1.807, 2.05) is 0 Å². The molecule has 204 valence electrons. The lowest BCUT2D eigenvalue weighted by Gasteiger charge is -2.20. The quantitative estimate of drug-likeness (QED) is 0.215. The van der Waals surface area contributed by atoms with Crippen LogP contribution in [0.1, 0.15) is 12.5 Å². The number of rotatable bonds is 4. The van der Waals surface area contributed by atoms with Gasteiger partial charge < -0.3 is 5.32 Å². The van der Waals surface area contributed by atoms with E-state index in [-0.39, 0.29) is 0 Å². The van der Waals surface area contributed by atoms with Crippen molar-refractivity contribution in [3.8, 4) is 33.4 Å². The minimum atomic E-state index is 0.872. The molecule has 0 amide bonds. The highest BCUT2D eigenvalue weighted by Crippen LogP contribution is 2.46. The minimum Gasteiger partial charge on any atom is -0.381 e. The fraction of sp³-hybridized carbons (Fsp3) is 0.0476. The summed E-state index contributed by atoms with van der Waals surface area (Å²) in [6, 6.07) is 51.1. The third-order valence-corrected chi connectivity index (χ3v) is 8.78. The highest BCUT2D eigenvalue weighted by Gasteiger charge is 2.19. The number of dihydropyridines is 1. The molecule has 1 N–H and O–H groups in total. The second kappa shape index (κ2) is 10.5. The first kappa shape index (κ1) is 25.3. The second-order valence-corrected chi connectivity index (χ2v) is 11.4. The zero-order valence-corrected chi connectivity index (χ0v) is 24.1. The van der Waals surface area contributed by atoms with Gasteiger partial charge in [-0.3, -0.25) is 0 Å². The Hall–Kier alpha value is -5.40. The van der Waals surface area contributed by atoms with Crippen LogP contribution in [0.5, 0.6) is 0 Å². The van der Waals surface area contributed by atoms with Gasteiger partial charge in [-0.05, 0) is 84.3 Å². The Morgan fingerprint density at radius 2 is 0.907 bits per heavy atom. The molecule has 1 aliphatic heterocycles. The molecule has 0 atom stereocenters. The molecule has 0 bridgehead atoms. The SMILES string of the molecule is CC1=CCNC(c2ccc(-c3c4ccccc4c(-c4ccc(-c5ccccc5)c5ccccc45)c4ccccc34)cc2)=C1. The zero-order valence-electron chi connectivity index (χ0n) is 24.1. The topological polar surface area (TPSA) is 12.0 Å². The van der Waals surface area contributed by atoms with Gasteiger partial charge in [0.05, 0.1) is 0 Å². The van der Waals surface area contributed by atoms with Crippen LogP contribution in [-0.4, -0.2) is 6.54 Å². The molecule has 7 aromatic rings. The minimum absolute atomic E-state index is 0.872. The van der Waals surface area contributed by atoms with E-state index < -0.39 is 0 Å². The van der Waals surface area contributed by atoms with Crippen molar-refractivity contribution in [2.75, 3.05) is 6.54 Å². The van der Waals surface area contributed by atoms with Gasteiger partial charge in [-0.15, -0.1) is 0 Å². The van der Waals surface area contributed by atoms with Crippen molar-refractivity contribution >= 4 is 38.0 Å². The van der Waals surface area contributed by atoms with Crippen LogP contribution in [0, 0.1) is 0 Å². The van der Waals surface area contributed by atoms with Gasteiger partial charge in [0.2, 0.25) is 0 Å². The van der Waals surface area contributed by atoms with Crippen molar-refractivity contribution in [2.45, 2.75) is 6.92 Å². The van der Waals surface area contributed by atoms with Gasteiger partial charge in [0.25, 0.3) is 0 Å². The number of hydrogen-bond acceptors (Lipinski definition) is 1. The molecular formula is C42H31N. The Bertz CT molecular complexity index is 2160. The summed E-state index contributed by atoms with van der Waals surface area (Å²) in [6.45, 7) is 3.03. The number of nitrogens with one attached hydrogen (secondary N) is 1. The first-order chi connectivity index (χ1) is 21.3. The fourth-order valence-corrected chi connectivity index (χ4v) is 6.78. The highest BCUT2D eigenvalue weighted by atomic mass is 14.9. The molecule has 0 saturated carbocycles. The second-order valence-electron chi connectivity index (χ2n) is 11.4. The summed E-state index contributed by atoms with van der Waals surface area (Å²) in [6.07, 6.45) is 4.45. The number of hydrogen-bond donors (Lipinski definition) is 1. The Morgan fingerprint density at radius 1 is 0.419 bits per heavy atom. The van der Waals surface area contributed by atoms with E-state index in [2.05, 4.69) is 164 Å². The first-order valence-corrected chi connectivity index (χ1v) is 15.0. The lowest BCUT2D eigenvalue weighted by atomic mass is 9.83. The molecule has 43 heavy (non-hydrogen) atoms. The van der Waals surface area contributed by atoms with Crippen molar-refractivity contribution in [3.05, 3.63) is 163 Å². The lowest BCUT2D eigenvalue weighted by molar-refractivity contribution is 0.981. The van der Waals surface area contributed by atoms with Crippen LogP contribution in [0.25, 0.3) is 71.4 Å². The maximum Gasteiger partial charge on any atom is 0.0418 e. The van der Waals surface area contributed by atoms with Gasteiger partial charge >= 0.3 is 0 Å². The molecule has 1 aliphatic rings. The van der Waals surface area contributed by atoms with Crippen molar-refractivity contribution in [1.29, 1.82) is 0 Å². The van der Waals surface area contributed by atoms with Gasteiger partial charge in [0.1, 0.15) is 0 Å². The molecule has 0 radical (unpaired) electrons. The van der Waals surface area contributed by atoms with Crippen LogP contribution in [-0.2, 0) is 0 Å². The first-order valence-electron chi connectivity index (χ1n) is 15.0. The molecule has 0 aromatic heterocycles. The van der Waals surface area contributed by atoms with Crippen molar-refractivity contribution in [1.82, 2.24) is 5.32 Å². The van der Waals surface area contributed by atoms with Gasteiger partial charge in [-0.1, -0.05) is 151 Å². The van der Waals surface area contributed by atoms with Gasteiger partial charge in [0, 0.05) is 12.2 Å². The maximum absolute atomic E-state index is 3.52. The van der Waals surface area contributed by atoms with Crippen LogP contribution in [0.15, 0.2) is 157 Å². The summed E-state index contributed by atoms with van der Waals surface area (Å²) in [5, 5.41) is 11.2. The van der Waals surface area contributed by atoms with Gasteiger partial charge in [-0.25, -0.2) is 0 Å². The van der Waals surface area contributed by atoms with E-state index in [4.69, 9.17) is 0 Å². The average molecular weight is 550 g/mol. The predicted molar refractivity (Wildman–Crippen MR) is 185 cm³/mol. The molecule has 0 unspecified atom stereocenters. The van der Waals surface area contributed by atoms with Gasteiger partial charge in [0.15, 0.2) is 0 Å². The molecule has 7 aromatic carbocycles. The lowest BCUT2D eigenvalue weighted by Crippen LogP contribution is -2.15. The van der Waals surface area contributed by atoms with Gasteiger partial charge in [-0.2, -0.15) is 0 Å². The van der Waals surface area contributed by atoms with E-state index in [0.717, 1.165) is 6.54 Å². The Labute approximate surface area is 252 Å². The normalized spacial score (nSPS) is 13.1. The summed E-state index contributed by atoms with van der Waals surface area (Å²) in [5.74, 6) is 0. The van der Waals surface area contributed by atoms with E-state index in [1.165, 1.54) is 82.5 Å². The van der Waals surface area contributed by atoms with Crippen LogP contribution in [0.4, 0.5) is 0 Å². The fourth-order valence-electron chi connectivity index (χ4n) is 6.78.